The Hall–Kier alpha value is -2.23. The lowest BCUT2D eigenvalue weighted by Crippen LogP contribution is -2.08. The molecule has 4 nitrogen and oxygen atoms in total. The predicted octanol–water partition coefficient (Wildman–Crippen LogP) is 7.95. The normalized spacial score (nSPS) is 12.0. The topological polar surface area (TPSA) is 52.1 Å². The molecule has 2 aromatic rings. The van der Waals surface area contributed by atoms with E-state index >= 15 is 0 Å². The van der Waals surface area contributed by atoms with Gasteiger partial charge in [0.1, 0.15) is 0 Å². The fourth-order valence-corrected chi connectivity index (χ4v) is 3.77. The van der Waals surface area contributed by atoms with E-state index in [4.69, 9.17) is 4.74 Å². The van der Waals surface area contributed by atoms with Gasteiger partial charge in [0.2, 0.25) is 0 Å². The van der Waals surface area contributed by atoms with Crippen molar-refractivity contribution in [3.8, 4) is 17.1 Å². The van der Waals surface area contributed by atoms with Crippen molar-refractivity contribution in [3.63, 3.8) is 0 Å². The average molecular weight is 439 g/mol. The first-order chi connectivity index (χ1) is 15.6. The quantitative estimate of drug-likeness (QED) is 0.197. The number of rotatable bonds is 16. The monoisotopic (exact) mass is 438 g/mol. The standard InChI is InChI=1S/C28H42N2O2/c1-4-6-7-8-9-12-15-24-17-19-25(20-18-24)28-29-21-26(22-30-28)32-27(31)16-13-10-11-14-23(3)5-2/h17-23H,4-16H2,1-3H3. The molecular formula is C28H42N2O2. The lowest BCUT2D eigenvalue weighted by molar-refractivity contribution is -0.134. The summed E-state index contributed by atoms with van der Waals surface area (Å²) in [6.45, 7) is 6.76. The van der Waals surface area contributed by atoms with E-state index in [-0.39, 0.29) is 5.97 Å². The molecule has 1 unspecified atom stereocenters. The second-order valence-electron chi connectivity index (χ2n) is 9.04. The van der Waals surface area contributed by atoms with Crippen molar-refractivity contribution in [2.75, 3.05) is 0 Å². The number of carbonyl (C=O) groups is 1. The molecule has 0 amide bonds. The van der Waals surface area contributed by atoms with Gasteiger partial charge in [-0.25, -0.2) is 9.97 Å². The molecule has 0 aliphatic rings. The van der Waals surface area contributed by atoms with Crippen LogP contribution in [-0.4, -0.2) is 15.9 Å². The Labute approximate surface area is 195 Å². The molecule has 0 saturated carbocycles. The van der Waals surface area contributed by atoms with Gasteiger partial charge in [0.15, 0.2) is 11.6 Å². The van der Waals surface area contributed by atoms with Crippen molar-refractivity contribution in [3.05, 3.63) is 42.2 Å². The van der Waals surface area contributed by atoms with Gasteiger partial charge in [-0.05, 0) is 30.7 Å². The summed E-state index contributed by atoms with van der Waals surface area (Å²) < 4.78 is 5.39. The van der Waals surface area contributed by atoms with Crippen molar-refractivity contribution < 1.29 is 9.53 Å². The van der Waals surface area contributed by atoms with Crippen LogP contribution in [0, 0.1) is 5.92 Å². The van der Waals surface area contributed by atoms with Gasteiger partial charge in [-0.2, -0.15) is 0 Å². The molecule has 32 heavy (non-hydrogen) atoms. The molecule has 2 rings (SSSR count). The molecule has 4 heteroatoms. The van der Waals surface area contributed by atoms with Crippen molar-refractivity contribution in [1.29, 1.82) is 0 Å². The fourth-order valence-electron chi connectivity index (χ4n) is 3.77. The highest BCUT2D eigenvalue weighted by Crippen LogP contribution is 2.19. The summed E-state index contributed by atoms with van der Waals surface area (Å²) in [5, 5.41) is 0. The molecule has 1 aromatic carbocycles. The molecule has 0 aliphatic carbocycles. The number of hydrogen-bond donors (Lipinski definition) is 0. The molecule has 0 bridgehead atoms. The molecule has 0 spiro atoms. The molecule has 176 valence electrons. The van der Waals surface area contributed by atoms with Gasteiger partial charge in [0.05, 0.1) is 12.4 Å². The van der Waals surface area contributed by atoms with Crippen molar-refractivity contribution in [2.24, 2.45) is 5.92 Å². The number of benzene rings is 1. The summed E-state index contributed by atoms with van der Waals surface area (Å²) in [6, 6.07) is 8.49. The second-order valence-corrected chi connectivity index (χ2v) is 9.04. The van der Waals surface area contributed by atoms with Crippen LogP contribution in [0.5, 0.6) is 5.75 Å². The third-order valence-electron chi connectivity index (χ3n) is 6.17. The Morgan fingerprint density at radius 3 is 2.22 bits per heavy atom. The Morgan fingerprint density at radius 2 is 1.53 bits per heavy atom. The SMILES string of the molecule is CCCCCCCCc1ccc(-c2ncc(OC(=O)CCCCCC(C)CC)cn2)cc1. The van der Waals surface area contributed by atoms with Crippen LogP contribution in [0.3, 0.4) is 0 Å². The van der Waals surface area contributed by atoms with E-state index in [1.165, 1.54) is 63.4 Å². The summed E-state index contributed by atoms with van der Waals surface area (Å²) in [5.41, 5.74) is 2.34. The molecule has 0 fully saturated rings. The molecule has 0 aliphatic heterocycles. The minimum absolute atomic E-state index is 0.205. The predicted molar refractivity (Wildman–Crippen MR) is 133 cm³/mol. The van der Waals surface area contributed by atoms with Crippen LogP contribution in [0.1, 0.15) is 103 Å². The smallest absolute Gasteiger partial charge is 0.311 e. The molecule has 0 saturated heterocycles. The molecule has 0 radical (unpaired) electrons. The number of hydrogen-bond acceptors (Lipinski definition) is 4. The summed E-state index contributed by atoms with van der Waals surface area (Å²) in [6.07, 6.45) is 18.2. The number of carbonyl (C=O) groups excluding carboxylic acids is 1. The number of esters is 1. The average Bonchev–Trinajstić information content (AvgIpc) is 2.82. The van der Waals surface area contributed by atoms with Crippen molar-refractivity contribution >= 4 is 5.97 Å². The van der Waals surface area contributed by atoms with Gasteiger partial charge < -0.3 is 4.74 Å². The number of aryl methyl sites for hydroxylation is 1. The third-order valence-corrected chi connectivity index (χ3v) is 6.17. The van der Waals surface area contributed by atoms with E-state index < -0.39 is 0 Å². The first-order valence-electron chi connectivity index (χ1n) is 12.7. The Morgan fingerprint density at radius 1 is 0.875 bits per heavy atom. The largest absolute Gasteiger partial charge is 0.423 e. The van der Waals surface area contributed by atoms with Crippen molar-refractivity contribution in [2.45, 2.75) is 104 Å². The molecular weight excluding hydrogens is 396 g/mol. The van der Waals surface area contributed by atoms with E-state index in [2.05, 4.69) is 55.0 Å². The maximum atomic E-state index is 12.0. The summed E-state index contributed by atoms with van der Waals surface area (Å²) in [4.78, 5) is 20.8. The maximum absolute atomic E-state index is 12.0. The van der Waals surface area contributed by atoms with Gasteiger partial charge in [-0.1, -0.05) is 103 Å². The van der Waals surface area contributed by atoms with Gasteiger partial charge in [-0.3, -0.25) is 4.79 Å². The first kappa shape index (κ1) is 26.0. The Kier molecular flexibility index (Phi) is 12.6. The summed E-state index contributed by atoms with van der Waals surface area (Å²) in [5.74, 6) is 1.64. The second kappa shape index (κ2) is 15.6. The molecule has 0 N–H and O–H groups in total. The molecule has 1 aromatic heterocycles. The van der Waals surface area contributed by atoms with E-state index in [0.717, 1.165) is 30.7 Å². The summed E-state index contributed by atoms with van der Waals surface area (Å²) in [7, 11) is 0. The number of nitrogens with zero attached hydrogens (tertiary/aromatic N) is 2. The summed E-state index contributed by atoms with van der Waals surface area (Å²) >= 11 is 0. The van der Waals surface area contributed by atoms with Crippen LogP contribution in [0.4, 0.5) is 0 Å². The molecule has 1 atom stereocenters. The lowest BCUT2D eigenvalue weighted by Gasteiger charge is -2.08. The van der Waals surface area contributed by atoms with Gasteiger partial charge >= 0.3 is 5.97 Å². The zero-order valence-electron chi connectivity index (χ0n) is 20.4. The van der Waals surface area contributed by atoms with Crippen LogP contribution in [0.25, 0.3) is 11.4 Å². The number of unbranched alkanes of at least 4 members (excludes halogenated alkanes) is 7. The highest BCUT2D eigenvalue weighted by molar-refractivity contribution is 5.72. The van der Waals surface area contributed by atoms with E-state index in [9.17, 15) is 4.79 Å². The highest BCUT2D eigenvalue weighted by atomic mass is 16.5. The number of ether oxygens (including phenoxy) is 1. The number of aromatic nitrogens is 2. The van der Waals surface area contributed by atoms with E-state index in [0.29, 0.717) is 18.0 Å². The van der Waals surface area contributed by atoms with Crippen LogP contribution in [0.15, 0.2) is 36.7 Å². The fraction of sp³-hybridized carbons (Fsp3) is 0.607. The maximum Gasteiger partial charge on any atom is 0.311 e. The highest BCUT2D eigenvalue weighted by Gasteiger charge is 2.08. The van der Waals surface area contributed by atoms with E-state index in [1.54, 1.807) is 12.4 Å². The third kappa shape index (κ3) is 10.4. The van der Waals surface area contributed by atoms with Gasteiger partial charge in [0.25, 0.3) is 0 Å². The van der Waals surface area contributed by atoms with Crippen LogP contribution in [0.2, 0.25) is 0 Å². The Balaban J connectivity index is 1.70. The zero-order chi connectivity index (χ0) is 23.0. The van der Waals surface area contributed by atoms with Gasteiger partial charge in [-0.15, -0.1) is 0 Å². The van der Waals surface area contributed by atoms with E-state index in [1.807, 2.05) is 0 Å². The zero-order valence-corrected chi connectivity index (χ0v) is 20.4. The van der Waals surface area contributed by atoms with Crippen LogP contribution < -0.4 is 4.74 Å². The Bertz CT molecular complexity index is 756. The first-order valence-corrected chi connectivity index (χ1v) is 12.7. The minimum Gasteiger partial charge on any atom is -0.423 e. The minimum atomic E-state index is -0.205. The lowest BCUT2D eigenvalue weighted by atomic mass is 10.0. The van der Waals surface area contributed by atoms with Crippen molar-refractivity contribution in [1.82, 2.24) is 9.97 Å². The van der Waals surface area contributed by atoms with Gasteiger partial charge in [0, 0.05) is 12.0 Å². The van der Waals surface area contributed by atoms with Crippen LogP contribution in [-0.2, 0) is 11.2 Å². The van der Waals surface area contributed by atoms with Crippen LogP contribution >= 0.6 is 0 Å². The molecule has 1 heterocycles.